The summed E-state index contributed by atoms with van der Waals surface area (Å²) in [5.41, 5.74) is 3.15. The maximum absolute atomic E-state index is 12.1. The summed E-state index contributed by atoms with van der Waals surface area (Å²) in [6, 6.07) is 9.42. The molecule has 2 rings (SSSR count). The molecule has 2 aromatic rings. The van der Waals surface area contributed by atoms with Crippen LogP contribution < -0.4 is 5.32 Å². The summed E-state index contributed by atoms with van der Waals surface area (Å²) < 4.78 is 0. The van der Waals surface area contributed by atoms with E-state index in [-0.39, 0.29) is 5.91 Å². The quantitative estimate of drug-likeness (QED) is 0.923. The summed E-state index contributed by atoms with van der Waals surface area (Å²) in [6.07, 6.45) is 2.47. The van der Waals surface area contributed by atoms with Crippen LogP contribution in [0.1, 0.15) is 28.5 Å². The molecule has 4 heteroatoms. The molecule has 0 saturated heterocycles. The number of aromatic nitrogens is 1. The van der Waals surface area contributed by atoms with Gasteiger partial charge in [0.15, 0.2) is 0 Å². The van der Waals surface area contributed by atoms with Crippen LogP contribution in [0.4, 0.5) is 5.69 Å². The Morgan fingerprint density at radius 1 is 1.32 bits per heavy atom. The molecule has 1 N–H and O–H groups in total. The second-order valence-corrected chi connectivity index (χ2v) is 4.72. The Bertz CT molecular complexity index is 594. The number of nitrogens with zero attached hydrogens (tertiary/aromatic N) is 1. The molecule has 0 saturated carbocycles. The minimum Gasteiger partial charge on any atom is -0.322 e. The number of carbonyl (C=O) groups is 1. The van der Waals surface area contributed by atoms with Crippen LogP contribution in [0, 0.1) is 6.92 Å². The van der Waals surface area contributed by atoms with E-state index in [2.05, 4.69) is 17.2 Å². The molecule has 0 spiro atoms. The highest BCUT2D eigenvalue weighted by Gasteiger charge is 2.11. The lowest BCUT2D eigenvalue weighted by Gasteiger charge is -2.07. The lowest BCUT2D eigenvalue weighted by atomic mass is 10.1. The van der Waals surface area contributed by atoms with Gasteiger partial charge in [0.2, 0.25) is 0 Å². The van der Waals surface area contributed by atoms with Crippen molar-refractivity contribution in [3.8, 4) is 0 Å². The molecule has 1 amide bonds. The highest BCUT2D eigenvalue weighted by Crippen LogP contribution is 2.18. The molecule has 0 atom stereocenters. The first kappa shape index (κ1) is 13.6. The number of hydrogen-bond acceptors (Lipinski definition) is 2. The van der Waals surface area contributed by atoms with Gasteiger partial charge in [-0.15, -0.1) is 0 Å². The number of carbonyl (C=O) groups excluding carboxylic acids is 1. The van der Waals surface area contributed by atoms with Gasteiger partial charge in [-0.25, -0.2) is 0 Å². The molecule has 1 aromatic heterocycles. The van der Waals surface area contributed by atoms with E-state index in [0.29, 0.717) is 10.6 Å². The van der Waals surface area contributed by atoms with E-state index in [4.69, 9.17) is 11.6 Å². The van der Waals surface area contributed by atoms with Gasteiger partial charge in [0.25, 0.3) is 5.91 Å². The standard InChI is InChI=1S/C15H15ClN2O/c1-3-11-4-6-12(7-5-11)18-15(19)13-9-17-10(2)8-14(13)16/h4-9H,3H2,1-2H3,(H,18,19). The van der Waals surface area contributed by atoms with Gasteiger partial charge in [0.1, 0.15) is 0 Å². The smallest absolute Gasteiger partial charge is 0.258 e. The topological polar surface area (TPSA) is 42.0 Å². The minimum absolute atomic E-state index is 0.248. The Kier molecular flexibility index (Phi) is 4.17. The summed E-state index contributed by atoms with van der Waals surface area (Å²) in [4.78, 5) is 16.1. The predicted molar refractivity (Wildman–Crippen MR) is 77.8 cm³/mol. The molecule has 3 nitrogen and oxygen atoms in total. The summed E-state index contributed by atoms with van der Waals surface area (Å²) in [7, 11) is 0. The number of pyridine rings is 1. The Labute approximate surface area is 117 Å². The second kappa shape index (κ2) is 5.85. The molecule has 0 aliphatic heterocycles. The number of halogens is 1. The fourth-order valence-corrected chi connectivity index (χ4v) is 2.01. The maximum Gasteiger partial charge on any atom is 0.258 e. The zero-order valence-corrected chi connectivity index (χ0v) is 11.7. The molecule has 1 heterocycles. The van der Waals surface area contributed by atoms with Crippen LogP contribution >= 0.6 is 11.6 Å². The molecule has 19 heavy (non-hydrogen) atoms. The lowest BCUT2D eigenvalue weighted by molar-refractivity contribution is 0.102. The van der Waals surface area contributed by atoms with Gasteiger partial charge in [-0.05, 0) is 37.1 Å². The van der Waals surface area contributed by atoms with Crippen molar-refractivity contribution < 1.29 is 4.79 Å². The number of anilines is 1. The zero-order valence-electron chi connectivity index (χ0n) is 10.9. The molecule has 0 bridgehead atoms. The number of rotatable bonds is 3. The number of amides is 1. The average Bonchev–Trinajstić information content (AvgIpc) is 2.39. The molecular formula is C15H15ClN2O. The molecule has 0 radical (unpaired) electrons. The number of aryl methyl sites for hydroxylation is 2. The van der Waals surface area contributed by atoms with Crippen molar-refractivity contribution in [1.82, 2.24) is 4.98 Å². The van der Waals surface area contributed by atoms with Crippen molar-refractivity contribution in [2.75, 3.05) is 5.32 Å². The SMILES string of the molecule is CCc1ccc(NC(=O)c2cnc(C)cc2Cl)cc1. The van der Waals surface area contributed by atoms with Crippen molar-refractivity contribution in [2.45, 2.75) is 20.3 Å². The molecule has 0 aliphatic carbocycles. The van der Waals surface area contributed by atoms with E-state index in [1.807, 2.05) is 31.2 Å². The van der Waals surface area contributed by atoms with Crippen LogP contribution in [0.25, 0.3) is 0 Å². The molecule has 98 valence electrons. The fourth-order valence-electron chi connectivity index (χ4n) is 1.72. The first-order valence-electron chi connectivity index (χ1n) is 6.12. The Hall–Kier alpha value is -1.87. The first-order chi connectivity index (χ1) is 9.10. The number of nitrogens with one attached hydrogen (secondary N) is 1. The van der Waals surface area contributed by atoms with E-state index >= 15 is 0 Å². The molecule has 1 aromatic carbocycles. The number of benzene rings is 1. The largest absolute Gasteiger partial charge is 0.322 e. The Balaban J connectivity index is 2.15. The van der Waals surface area contributed by atoms with Gasteiger partial charge in [0.05, 0.1) is 10.6 Å². The highest BCUT2D eigenvalue weighted by molar-refractivity contribution is 6.34. The summed E-state index contributed by atoms with van der Waals surface area (Å²) in [5.74, 6) is -0.248. The lowest BCUT2D eigenvalue weighted by Crippen LogP contribution is -2.13. The van der Waals surface area contributed by atoms with E-state index in [0.717, 1.165) is 17.8 Å². The van der Waals surface area contributed by atoms with Gasteiger partial charge in [-0.1, -0.05) is 30.7 Å². The molecule has 0 unspecified atom stereocenters. The maximum atomic E-state index is 12.1. The van der Waals surface area contributed by atoms with Gasteiger partial charge < -0.3 is 5.32 Å². The van der Waals surface area contributed by atoms with Crippen molar-refractivity contribution in [3.05, 3.63) is 58.4 Å². The van der Waals surface area contributed by atoms with Gasteiger partial charge in [-0.2, -0.15) is 0 Å². The molecular weight excluding hydrogens is 260 g/mol. The monoisotopic (exact) mass is 274 g/mol. The van der Waals surface area contributed by atoms with Gasteiger partial charge in [0, 0.05) is 17.6 Å². The molecule has 0 aliphatic rings. The van der Waals surface area contributed by atoms with E-state index < -0.39 is 0 Å². The van der Waals surface area contributed by atoms with Crippen LogP contribution in [0.15, 0.2) is 36.5 Å². The second-order valence-electron chi connectivity index (χ2n) is 4.31. The van der Waals surface area contributed by atoms with E-state index in [1.165, 1.54) is 11.8 Å². The van der Waals surface area contributed by atoms with Crippen molar-refractivity contribution >= 4 is 23.2 Å². The van der Waals surface area contributed by atoms with Gasteiger partial charge >= 0.3 is 0 Å². The van der Waals surface area contributed by atoms with Crippen LogP contribution in [-0.4, -0.2) is 10.9 Å². The van der Waals surface area contributed by atoms with E-state index in [1.54, 1.807) is 6.07 Å². The van der Waals surface area contributed by atoms with Crippen molar-refractivity contribution in [2.24, 2.45) is 0 Å². The predicted octanol–water partition coefficient (Wildman–Crippen LogP) is 3.86. The zero-order chi connectivity index (χ0) is 13.8. The summed E-state index contributed by atoms with van der Waals surface area (Å²) >= 11 is 6.04. The number of hydrogen-bond donors (Lipinski definition) is 1. The summed E-state index contributed by atoms with van der Waals surface area (Å²) in [6.45, 7) is 3.92. The van der Waals surface area contributed by atoms with Crippen molar-refractivity contribution in [1.29, 1.82) is 0 Å². The minimum atomic E-state index is -0.248. The van der Waals surface area contributed by atoms with Crippen LogP contribution in [0.3, 0.4) is 0 Å². The fraction of sp³-hybridized carbons (Fsp3) is 0.200. The Morgan fingerprint density at radius 3 is 2.58 bits per heavy atom. The van der Waals surface area contributed by atoms with E-state index in [9.17, 15) is 4.79 Å². The first-order valence-corrected chi connectivity index (χ1v) is 6.50. The van der Waals surface area contributed by atoms with Gasteiger partial charge in [-0.3, -0.25) is 9.78 Å². The molecule has 0 fully saturated rings. The Morgan fingerprint density at radius 2 is 2.00 bits per heavy atom. The third-order valence-corrected chi connectivity index (χ3v) is 3.17. The third-order valence-electron chi connectivity index (χ3n) is 2.85. The highest BCUT2D eigenvalue weighted by atomic mass is 35.5. The van der Waals surface area contributed by atoms with Crippen LogP contribution in [-0.2, 0) is 6.42 Å². The van der Waals surface area contributed by atoms with Crippen molar-refractivity contribution in [3.63, 3.8) is 0 Å². The van der Waals surface area contributed by atoms with Crippen LogP contribution in [0.5, 0.6) is 0 Å². The third kappa shape index (κ3) is 3.32. The van der Waals surface area contributed by atoms with Crippen LogP contribution in [0.2, 0.25) is 5.02 Å². The average molecular weight is 275 g/mol. The summed E-state index contributed by atoms with van der Waals surface area (Å²) in [5, 5.41) is 3.22. The normalized spacial score (nSPS) is 10.3.